The minimum Gasteiger partial charge on any atom is -0.272 e. The number of nitrogens with one attached hydrogen (secondary N) is 2. The molecule has 2 aromatic rings. The summed E-state index contributed by atoms with van der Waals surface area (Å²) in [5.41, 5.74) is 2.09. The minimum atomic E-state index is -4.02. The van der Waals surface area contributed by atoms with Crippen molar-refractivity contribution in [1.29, 1.82) is 0 Å². The fraction of sp³-hybridized carbons (Fsp3) is 0. The second kappa shape index (κ2) is 6.35. The molecule has 2 N–H and O–H groups in total. The van der Waals surface area contributed by atoms with Crippen molar-refractivity contribution in [2.24, 2.45) is 0 Å². The van der Waals surface area contributed by atoms with E-state index in [0.717, 1.165) is 12.3 Å². The van der Waals surface area contributed by atoms with Crippen LogP contribution in [0.2, 0.25) is 10.2 Å². The molecule has 0 fully saturated rings. The SMILES string of the molecule is O=C(NNS(=O)(=O)c1cnc(Cl)c(Cl)c1)c1ccccn1. The Morgan fingerprint density at radius 3 is 2.57 bits per heavy atom. The van der Waals surface area contributed by atoms with Gasteiger partial charge in [-0.05, 0) is 18.2 Å². The molecular weight excluding hydrogens is 339 g/mol. The second-order valence-corrected chi connectivity index (χ2v) is 6.17. The van der Waals surface area contributed by atoms with Gasteiger partial charge in [-0.3, -0.25) is 15.2 Å². The van der Waals surface area contributed by atoms with Gasteiger partial charge in [0.15, 0.2) is 0 Å². The smallest absolute Gasteiger partial charge is 0.272 e. The first-order valence-corrected chi connectivity index (χ1v) is 7.68. The van der Waals surface area contributed by atoms with Crippen LogP contribution in [-0.4, -0.2) is 24.3 Å². The maximum absolute atomic E-state index is 11.9. The van der Waals surface area contributed by atoms with Gasteiger partial charge in [-0.1, -0.05) is 29.3 Å². The molecule has 1 amide bonds. The summed E-state index contributed by atoms with van der Waals surface area (Å²) in [4.78, 5) is 20.8. The zero-order chi connectivity index (χ0) is 15.5. The van der Waals surface area contributed by atoms with E-state index in [2.05, 4.69) is 9.97 Å². The largest absolute Gasteiger partial charge is 0.284 e. The van der Waals surface area contributed by atoms with Crippen molar-refractivity contribution in [2.75, 3.05) is 0 Å². The van der Waals surface area contributed by atoms with Crippen molar-refractivity contribution in [2.45, 2.75) is 4.90 Å². The number of hydrogen-bond donors (Lipinski definition) is 2. The molecule has 21 heavy (non-hydrogen) atoms. The molecule has 0 unspecified atom stereocenters. The third-order valence-electron chi connectivity index (χ3n) is 2.28. The fourth-order valence-corrected chi connectivity index (χ4v) is 2.43. The molecule has 0 atom stereocenters. The number of hydrazine groups is 1. The number of nitrogens with zero attached hydrogens (tertiary/aromatic N) is 2. The van der Waals surface area contributed by atoms with Crippen LogP contribution in [0.4, 0.5) is 0 Å². The Balaban J connectivity index is 2.11. The molecule has 2 rings (SSSR count). The van der Waals surface area contributed by atoms with Gasteiger partial charge in [0, 0.05) is 12.4 Å². The first-order valence-electron chi connectivity index (χ1n) is 5.44. The van der Waals surface area contributed by atoms with E-state index in [9.17, 15) is 13.2 Å². The van der Waals surface area contributed by atoms with Gasteiger partial charge in [-0.15, -0.1) is 4.83 Å². The molecule has 0 spiro atoms. The second-order valence-electron chi connectivity index (χ2n) is 3.72. The highest BCUT2D eigenvalue weighted by Gasteiger charge is 2.18. The first-order chi connectivity index (χ1) is 9.90. The Bertz CT molecular complexity index is 768. The van der Waals surface area contributed by atoms with E-state index in [-0.39, 0.29) is 20.8 Å². The van der Waals surface area contributed by atoms with Gasteiger partial charge in [0.2, 0.25) is 0 Å². The summed E-state index contributed by atoms with van der Waals surface area (Å²) in [6.45, 7) is 0. The number of amides is 1. The van der Waals surface area contributed by atoms with E-state index in [1.165, 1.54) is 12.3 Å². The number of hydrogen-bond acceptors (Lipinski definition) is 5. The summed E-state index contributed by atoms with van der Waals surface area (Å²) in [6.07, 6.45) is 2.43. The molecule has 0 aliphatic rings. The van der Waals surface area contributed by atoms with Crippen LogP contribution in [0.5, 0.6) is 0 Å². The van der Waals surface area contributed by atoms with Crippen LogP contribution in [0, 0.1) is 0 Å². The Kier molecular flexibility index (Phi) is 4.73. The van der Waals surface area contributed by atoms with Crippen LogP contribution in [-0.2, 0) is 10.0 Å². The minimum absolute atomic E-state index is 0.0180. The average Bonchev–Trinajstić information content (AvgIpc) is 2.48. The van der Waals surface area contributed by atoms with Crippen LogP contribution in [0.25, 0.3) is 0 Å². The van der Waals surface area contributed by atoms with E-state index in [0.29, 0.717) is 0 Å². The zero-order valence-electron chi connectivity index (χ0n) is 10.2. The summed E-state index contributed by atoms with van der Waals surface area (Å²) >= 11 is 11.3. The normalized spacial score (nSPS) is 11.1. The van der Waals surface area contributed by atoms with E-state index >= 15 is 0 Å². The lowest BCUT2D eigenvalue weighted by atomic mass is 10.3. The van der Waals surface area contributed by atoms with E-state index < -0.39 is 15.9 Å². The summed E-state index contributed by atoms with van der Waals surface area (Å²) in [5, 5.41) is -0.0382. The molecule has 0 aliphatic carbocycles. The first kappa shape index (κ1) is 15.6. The Labute approximate surface area is 130 Å². The molecule has 0 radical (unpaired) electrons. The molecule has 2 heterocycles. The Morgan fingerprint density at radius 2 is 1.95 bits per heavy atom. The van der Waals surface area contributed by atoms with Gasteiger partial charge >= 0.3 is 0 Å². The highest BCUT2D eigenvalue weighted by Crippen LogP contribution is 2.21. The van der Waals surface area contributed by atoms with Gasteiger partial charge in [-0.2, -0.15) is 0 Å². The van der Waals surface area contributed by atoms with Crippen molar-refractivity contribution in [3.63, 3.8) is 0 Å². The van der Waals surface area contributed by atoms with Crippen LogP contribution >= 0.6 is 23.2 Å². The summed E-state index contributed by atoms with van der Waals surface area (Å²) < 4.78 is 23.9. The highest BCUT2D eigenvalue weighted by molar-refractivity contribution is 7.89. The van der Waals surface area contributed by atoms with Crippen LogP contribution < -0.4 is 10.3 Å². The molecule has 0 bridgehead atoms. The number of sulfonamides is 1. The predicted molar refractivity (Wildman–Crippen MR) is 76.3 cm³/mol. The van der Waals surface area contributed by atoms with E-state index in [1.54, 1.807) is 12.1 Å². The van der Waals surface area contributed by atoms with Gasteiger partial charge in [0.05, 0.1) is 5.02 Å². The average molecular weight is 347 g/mol. The van der Waals surface area contributed by atoms with Gasteiger partial charge in [0.25, 0.3) is 15.9 Å². The third kappa shape index (κ3) is 3.88. The Hall–Kier alpha value is -1.74. The number of rotatable bonds is 4. The third-order valence-corrected chi connectivity index (χ3v) is 4.18. The van der Waals surface area contributed by atoms with Crippen molar-refractivity contribution >= 4 is 39.1 Å². The number of carbonyl (C=O) groups excluding carboxylic acids is 1. The summed E-state index contributed by atoms with van der Waals surface area (Å²) in [5.74, 6) is -0.702. The molecule has 2 aromatic heterocycles. The fourth-order valence-electron chi connectivity index (χ4n) is 1.28. The number of halogens is 2. The quantitative estimate of drug-likeness (QED) is 0.643. The molecule has 7 nitrogen and oxygen atoms in total. The number of pyridine rings is 2. The topological polar surface area (TPSA) is 101 Å². The predicted octanol–water partition coefficient (Wildman–Crippen LogP) is 1.41. The molecular formula is C11H8Cl2N4O3S. The maximum Gasteiger partial charge on any atom is 0.284 e. The molecule has 10 heteroatoms. The molecule has 0 aliphatic heterocycles. The lowest BCUT2D eigenvalue weighted by Crippen LogP contribution is -2.41. The van der Waals surface area contributed by atoms with Crippen molar-refractivity contribution in [1.82, 2.24) is 20.2 Å². The van der Waals surface area contributed by atoms with Gasteiger partial charge in [0.1, 0.15) is 15.7 Å². The number of aromatic nitrogens is 2. The van der Waals surface area contributed by atoms with Gasteiger partial charge in [-0.25, -0.2) is 13.4 Å². The Morgan fingerprint density at radius 1 is 1.19 bits per heavy atom. The molecule has 0 saturated carbocycles. The van der Waals surface area contributed by atoms with Crippen molar-refractivity contribution < 1.29 is 13.2 Å². The molecule has 0 saturated heterocycles. The summed E-state index contributed by atoms with van der Waals surface area (Å²) in [7, 11) is -4.02. The summed E-state index contributed by atoms with van der Waals surface area (Å²) in [6, 6.07) is 5.78. The van der Waals surface area contributed by atoms with E-state index in [1.807, 2.05) is 10.3 Å². The zero-order valence-corrected chi connectivity index (χ0v) is 12.6. The van der Waals surface area contributed by atoms with Gasteiger partial charge < -0.3 is 0 Å². The maximum atomic E-state index is 11.9. The molecule has 110 valence electrons. The standard InChI is InChI=1S/C11H8Cl2N4O3S/c12-8-5-7(6-15-10(8)13)21(19,20)17-16-11(18)9-3-1-2-4-14-9/h1-6,17H,(H,16,18). The number of carbonyl (C=O) groups is 1. The highest BCUT2D eigenvalue weighted by atomic mass is 35.5. The lowest BCUT2D eigenvalue weighted by molar-refractivity contribution is 0.0940. The molecule has 0 aromatic carbocycles. The monoisotopic (exact) mass is 346 g/mol. The van der Waals surface area contributed by atoms with Crippen LogP contribution in [0.3, 0.4) is 0 Å². The van der Waals surface area contributed by atoms with Crippen molar-refractivity contribution in [3.8, 4) is 0 Å². The van der Waals surface area contributed by atoms with E-state index in [4.69, 9.17) is 23.2 Å². The van der Waals surface area contributed by atoms with Crippen LogP contribution in [0.15, 0.2) is 41.6 Å². The van der Waals surface area contributed by atoms with Crippen molar-refractivity contribution in [3.05, 3.63) is 52.5 Å². The van der Waals surface area contributed by atoms with Crippen LogP contribution in [0.1, 0.15) is 10.5 Å². The lowest BCUT2D eigenvalue weighted by Gasteiger charge is -2.08.